The Kier molecular flexibility index (Phi) is 11.2. The summed E-state index contributed by atoms with van der Waals surface area (Å²) in [7, 11) is -4.14. The van der Waals surface area contributed by atoms with Crippen LogP contribution < -0.4 is 9.62 Å². The highest BCUT2D eigenvalue weighted by Gasteiger charge is 2.33. The maximum atomic E-state index is 14.1. The van der Waals surface area contributed by atoms with Gasteiger partial charge in [-0.2, -0.15) is 0 Å². The molecule has 2 atom stereocenters. The van der Waals surface area contributed by atoms with Gasteiger partial charge in [0.15, 0.2) is 0 Å². The zero-order chi connectivity index (χ0) is 30.3. The van der Waals surface area contributed by atoms with E-state index in [1.807, 2.05) is 39.8 Å². The van der Waals surface area contributed by atoms with Crippen LogP contribution in [0.1, 0.15) is 50.8 Å². The van der Waals surface area contributed by atoms with E-state index in [9.17, 15) is 18.0 Å². The predicted octanol–water partition coefficient (Wildman–Crippen LogP) is 6.39. The van der Waals surface area contributed by atoms with E-state index in [1.54, 1.807) is 49.4 Å². The lowest BCUT2D eigenvalue weighted by Crippen LogP contribution is -2.52. The van der Waals surface area contributed by atoms with Gasteiger partial charge in [0.1, 0.15) is 12.6 Å². The van der Waals surface area contributed by atoms with Gasteiger partial charge in [-0.05, 0) is 75.1 Å². The monoisotopic (exact) mass is 617 g/mol. The highest BCUT2D eigenvalue weighted by molar-refractivity contribution is 7.92. The van der Waals surface area contributed by atoms with Crippen LogP contribution in [0.25, 0.3) is 0 Å². The van der Waals surface area contributed by atoms with Gasteiger partial charge in [0.2, 0.25) is 11.8 Å². The zero-order valence-electron chi connectivity index (χ0n) is 24.0. The Bertz CT molecular complexity index is 1480. The van der Waals surface area contributed by atoms with Crippen molar-refractivity contribution in [3.8, 4) is 0 Å². The Hall–Kier alpha value is -3.07. The standard InChI is InChI=1S/C31H37Cl2N3O4S/c1-6-22(4)34-31(38)23(5)35(19-24-14-17-27(32)28(33)18-24)30(37)20-36(29-11-9-8-10-25(29)7-2)41(39,40)26-15-12-21(3)13-16-26/h8-18,22-23H,6-7,19-20H2,1-5H3,(H,34,38)/t22-,23+/m1/s1. The number of carbonyl (C=O) groups excluding carboxylic acids is 2. The van der Waals surface area contributed by atoms with E-state index in [-0.39, 0.29) is 23.4 Å². The minimum absolute atomic E-state index is 0.0264. The molecule has 0 aliphatic carbocycles. The lowest BCUT2D eigenvalue weighted by Gasteiger charge is -2.33. The summed E-state index contributed by atoms with van der Waals surface area (Å²) in [5.41, 5.74) is 2.75. The van der Waals surface area contributed by atoms with E-state index in [0.717, 1.165) is 21.9 Å². The number of amides is 2. The number of halogens is 2. The molecule has 41 heavy (non-hydrogen) atoms. The number of para-hydroxylation sites is 1. The molecule has 0 radical (unpaired) electrons. The molecule has 7 nitrogen and oxygen atoms in total. The van der Waals surface area contributed by atoms with Gasteiger partial charge in [-0.3, -0.25) is 13.9 Å². The highest BCUT2D eigenvalue weighted by atomic mass is 35.5. The normalized spacial score (nSPS) is 12.9. The van der Waals surface area contributed by atoms with Crippen molar-refractivity contribution in [3.05, 3.63) is 93.5 Å². The lowest BCUT2D eigenvalue weighted by molar-refractivity contribution is -0.139. The molecule has 0 unspecified atom stereocenters. The van der Waals surface area contributed by atoms with Gasteiger partial charge in [-0.25, -0.2) is 8.42 Å². The van der Waals surface area contributed by atoms with Crippen LogP contribution >= 0.6 is 23.2 Å². The zero-order valence-corrected chi connectivity index (χ0v) is 26.4. The van der Waals surface area contributed by atoms with Crippen molar-refractivity contribution < 1.29 is 18.0 Å². The molecule has 1 N–H and O–H groups in total. The van der Waals surface area contributed by atoms with Crippen molar-refractivity contribution in [2.75, 3.05) is 10.8 Å². The van der Waals surface area contributed by atoms with Gasteiger partial charge in [0, 0.05) is 12.6 Å². The minimum Gasteiger partial charge on any atom is -0.352 e. The van der Waals surface area contributed by atoms with Crippen molar-refractivity contribution in [2.24, 2.45) is 0 Å². The number of hydrogen-bond donors (Lipinski definition) is 1. The smallest absolute Gasteiger partial charge is 0.264 e. The molecule has 220 valence electrons. The maximum absolute atomic E-state index is 14.1. The van der Waals surface area contributed by atoms with Gasteiger partial charge in [-0.1, -0.05) is 79.0 Å². The third kappa shape index (κ3) is 8.03. The molecule has 0 saturated carbocycles. The molecule has 0 aliphatic rings. The first-order valence-electron chi connectivity index (χ1n) is 13.6. The second-order valence-corrected chi connectivity index (χ2v) is 12.7. The third-order valence-electron chi connectivity index (χ3n) is 7.03. The van der Waals surface area contributed by atoms with Crippen molar-refractivity contribution in [1.82, 2.24) is 10.2 Å². The summed E-state index contributed by atoms with van der Waals surface area (Å²) in [5, 5.41) is 3.60. The molecule has 0 spiro atoms. The van der Waals surface area contributed by atoms with Crippen LogP contribution in [0.15, 0.2) is 71.6 Å². The van der Waals surface area contributed by atoms with Crippen molar-refractivity contribution in [2.45, 2.75) is 71.0 Å². The first-order valence-corrected chi connectivity index (χ1v) is 15.8. The van der Waals surface area contributed by atoms with E-state index >= 15 is 0 Å². The second kappa shape index (κ2) is 14.2. The number of nitrogens with zero attached hydrogens (tertiary/aromatic N) is 2. The summed E-state index contributed by atoms with van der Waals surface area (Å²) >= 11 is 12.3. The predicted molar refractivity (Wildman–Crippen MR) is 166 cm³/mol. The van der Waals surface area contributed by atoms with Crippen molar-refractivity contribution >= 4 is 50.7 Å². The van der Waals surface area contributed by atoms with Crippen LogP contribution in [0.3, 0.4) is 0 Å². The Labute approximate surface area is 253 Å². The molecule has 2 amide bonds. The average molecular weight is 619 g/mol. The fourth-order valence-electron chi connectivity index (χ4n) is 4.29. The molecular weight excluding hydrogens is 581 g/mol. The maximum Gasteiger partial charge on any atom is 0.264 e. The van der Waals surface area contributed by atoms with Crippen molar-refractivity contribution in [3.63, 3.8) is 0 Å². The first-order chi connectivity index (χ1) is 19.4. The van der Waals surface area contributed by atoms with Gasteiger partial charge in [0.25, 0.3) is 10.0 Å². The summed E-state index contributed by atoms with van der Waals surface area (Å²) in [6.45, 7) is 8.78. The molecule has 0 fully saturated rings. The van der Waals surface area contributed by atoms with Gasteiger partial charge in [0.05, 0.1) is 20.6 Å². The van der Waals surface area contributed by atoms with E-state index in [1.165, 1.54) is 17.0 Å². The average Bonchev–Trinajstić information content (AvgIpc) is 2.95. The van der Waals surface area contributed by atoms with Crippen LogP contribution in [-0.2, 0) is 32.6 Å². The molecule has 0 bridgehead atoms. The van der Waals surface area contributed by atoms with Crippen molar-refractivity contribution in [1.29, 1.82) is 0 Å². The summed E-state index contributed by atoms with van der Waals surface area (Å²) in [4.78, 5) is 28.7. The van der Waals surface area contributed by atoms with E-state index in [0.29, 0.717) is 27.7 Å². The SMILES string of the molecule is CCc1ccccc1N(CC(=O)N(Cc1ccc(Cl)c(Cl)c1)[C@@H](C)C(=O)N[C@H](C)CC)S(=O)(=O)c1ccc(C)cc1. The number of sulfonamides is 1. The molecular formula is C31H37Cl2N3O4S. The summed E-state index contributed by atoms with van der Waals surface area (Å²) in [6, 6.07) is 17.6. The Morgan fingerprint density at radius 2 is 1.59 bits per heavy atom. The second-order valence-electron chi connectivity index (χ2n) is 10.1. The molecule has 0 saturated heterocycles. The number of anilines is 1. The molecule has 0 aromatic heterocycles. The fourth-order valence-corrected chi connectivity index (χ4v) is 6.06. The fraction of sp³-hybridized carbons (Fsp3) is 0.355. The molecule has 10 heteroatoms. The molecule has 0 aliphatic heterocycles. The van der Waals surface area contributed by atoms with Gasteiger partial charge >= 0.3 is 0 Å². The van der Waals surface area contributed by atoms with Gasteiger partial charge in [-0.15, -0.1) is 0 Å². The Morgan fingerprint density at radius 1 is 0.927 bits per heavy atom. The molecule has 3 aromatic rings. The first kappa shape index (κ1) is 32.4. The van der Waals surface area contributed by atoms with E-state index in [2.05, 4.69) is 5.32 Å². The number of nitrogens with one attached hydrogen (secondary N) is 1. The van der Waals surface area contributed by atoms with Crippen LogP contribution in [0, 0.1) is 6.92 Å². The summed E-state index contributed by atoms with van der Waals surface area (Å²) in [6.07, 6.45) is 1.28. The number of benzene rings is 3. The molecule has 3 rings (SSSR count). The van der Waals surface area contributed by atoms with Crippen LogP contribution in [0.2, 0.25) is 10.0 Å². The lowest BCUT2D eigenvalue weighted by atomic mass is 10.1. The summed E-state index contributed by atoms with van der Waals surface area (Å²) < 4.78 is 29.2. The minimum atomic E-state index is -4.14. The molecule has 3 aromatic carbocycles. The largest absolute Gasteiger partial charge is 0.352 e. The van der Waals surface area contributed by atoms with Crippen LogP contribution in [0.4, 0.5) is 5.69 Å². The third-order valence-corrected chi connectivity index (χ3v) is 9.55. The van der Waals surface area contributed by atoms with Gasteiger partial charge < -0.3 is 10.2 Å². The van der Waals surface area contributed by atoms with E-state index < -0.39 is 28.5 Å². The molecule has 0 heterocycles. The topological polar surface area (TPSA) is 86.8 Å². The number of rotatable bonds is 12. The highest BCUT2D eigenvalue weighted by Crippen LogP contribution is 2.29. The summed E-state index contributed by atoms with van der Waals surface area (Å²) in [5.74, 6) is -0.876. The van der Waals surface area contributed by atoms with E-state index in [4.69, 9.17) is 23.2 Å². The van der Waals surface area contributed by atoms with Crippen LogP contribution in [0.5, 0.6) is 0 Å². The Morgan fingerprint density at radius 3 is 2.20 bits per heavy atom. The van der Waals surface area contributed by atoms with Crippen LogP contribution in [-0.4, -0.2) is 43.8 Å². The number of aryl methyl sites for hydroxylation is 2. The Balaban J connectivity index is 2.08. The number of carbonyl (C=O) groups is 2. The number of hydrogen-bond acceptors (Lipinski definition) is 4. The quantitative estimate of drug-likeness (QED) is 0.255.